The van der Waals surface area contributed by atoms with Crippen LogP contribution < -0.4 is 14.8 Å². The molecule has 5 aromatic rings. The van der Waals surface area contributed by atoms with Gasteiger partial charge in [-0.05, 0) is 49.0 Å². The molecule has 0 unspecified atom stereocenters. The van der Waals surface area contributed by atoms with Crippen molar-refractivity contribution in [2.45, 2.75) is 19.0 Å². The summed E-state index contributed by atoms with van der Waals surface area (Å²) in [6.45, 7) is 1.03. The number of nitrogens with one attached hydrogen (secondary N) is 2. The molecule has 10 nitrogen and oxygen atoms in total. The maximum atomic E-state index is 13.3. The SMILES string of the molecule is CN1CC(C)(c2cccc(Oc3ccc(OC(F)F)c(-c4[nH]ncc4NC(=O)c4cnn5cccnc45)c3)c2)C1. The number of H-pyrrole nitrogens is 1. The smallest absolute Gasteiger partial charge is 0.387 e. The maximum absolute atomic E-state index is 13.3. The summed E-state index contributed by atoms with van der Waals surface area (Å²) < 4.78 is 39.0. The van der Waals surface area contributed by atoms with E-state index in [1.54, 1.807) is 30.6 Å². The van der Waals surface area contributed by atoms with Crippen LogP contribution in [-0.4, -0.2) is 62.4 Å². The second-order valence-corrected chi connectivity index (χ2v) is 9.96. The van der Waals surface area contributed by atoms with E-state index in [0.29, 0.717) is 17.1 Å². The van der Waals surface area contributed by atoms with E-state index in [1.807, 2.05) is 18.2 Å². The number of carbonyl (C=O) groups excluding carboxylic acids is 1. The van der Waals surface area contributed by atoms with Gasteiger partial charge in [0.15, 0.2) is 5.65 Å². The van der Waals surface area contributed by atoms with E-state index in [2.05, 4.69) is 50.5 Å². The van der Waals surface area contributed by atoms with Crippen molar-refractivity contribution >= 4 is 17.2 Å². The Morgan fingerprint density at radius 2 is 1.95 bits per heavy atom. The van der Waals surface area contributed by atoms with Crippen molar-refractivity contribution < 1.29 is 23.0 Å². The molecular formula is C28H25F2N7O3. The lowest BCUT2D eigenvalue weighted by Crippen LogP contribution is -2.55. The van der Waals surface area contributed by atoms with Gasteiger partial charge in [0.2, 0.25) is 0 Å². The van der Waals surface area contributed by atoms with Crippen molar-refractivity contribution in [2.24, 2.45) is 0 Å². The Kier molecular flexibility index (Phi) is 6.39. The summed E-state index contributed by atoms with van der Waals surface area (Å²) in [7, 11) is 2.08. The highest BCUT2D eigenvalue weighted by Crippen LogP contribution is 2.39. The quantitative estimate of drug-likeness (QED) is 0.283. The van der Waals surface area contributed by atoms with Gasteiger partial charge in [-0.1, -0.05) is 19.1 Å². The topological polar surface area (TPSA) is 110 Å². The number of likely N-dealkylation sites (N-methyl/N-ethyl adjacent to an activating group) is 1. The molecule has 0 radical (unpaired) electrons. The molecule has 0 saturated carbocycles. The number of aromatic nitrogens is 5. The Hall–Kier alpha value is -4.84. The molecule has 0 aliphatic carbocycles. The number of carbonyl (C=O) groups is 1. The number of nitrogens with zero attached hydrogens (tertiary/aromatic N) is 5. The highest BCUT2D eigenvalue weighted by atomic mass is 19.3. The molecule has 40 heavy (non-hydrogen) atoms. The van der Waals surface area contributed by atoms with Gasteiger partial charge in [-0.15, -0.1) is 0 Å². The number of amides is 1. The van der Waals surface area contributed by atoms with Crippen LogP contribution in [0.2, 0.25) is 0 Å². The van der Waals surface area contributed by atoms with Crippen LogP contribution in [0, 0.1) is 0 Å². The zero-order valence-electron chi connectivity index (χ0n) is 21.6. The van der Waals surface area contributed by atoms with E-state index in [0.717, 1.165) is 18.7 Å². The van der Waals surface area contributed by atoms with E-state index in [1.165, 1.54) is 23.0 Å². The third-order valence-corrected chi connectivity index (χ3v) is 6.85. The molecule has 4 heterocycles. The number of rotatable bonds is 8. The molecule has 1 saturated heterocycles. The van der Waals surface area contributed by atoms with Gasteiger partial charge in [0.1, 0.15) is 22.8 Å². The number of hydrogen-bond donors (Lipinski definition) is 2. The minimum Gasteiger partial charge on any atom is -0.457 e. The summed E-state index contributed by atoms with van der Waals surface area (Å²) >= 11 is 0. The number of fused-ring (bicyclic) bond motifs is 1. The number of aromatic amines is 1. The molecule has 2 aromatic carbocycles. The molecule has 6 rings (SSSR count). The monoisotopic (exact) mass is 545 g/mol. The average Bonchev–Trinajstić information content (AvgIpc) is 3.56. The second-order valence-electron chi connectivity index (χ2n) is 9.96. The van der Waals surface area contributed by atoms with Crippen molar-refractivity contribution in [1.29, 1.82) is 0 Å². The Balaban J connectivity index is 1.30. The largest absolute Gasteiger partial charge is 0.457 e. The highest BCUT2D eigenvalue weighted by molar-refractivity contribution is 6.09. The third kappa shape index (κ3) is 4.84. The molecule has 3 aromatic heterocycles. The van der Waals surface area contributed by atoms with Crippen LogP contribution in [0.5, 0.6) is 17.2 Å². The van der Waals surface area contributed by atoms with Gasteiger partial charge in [0.25, 0.3) is 5.91 Å². The van der Waals surface area contributed by atoms with Gasteiger partial charge in [-0.25, -0.2) is 9.50 Å². The van der Waals surface area contributed by atoms with Gasteiger partial charge in [-0.3, -0.25) is 9.89 Å². The minimum absolute atomic E-state index is 0.0356. The first-order valence-electron chi connectivity index (χ1n) is 12.5. The molecule has 0 spiro atoms. The summed E-state index contributed by atoms with van der Waals surface area (Å²) in [5, 5.41) is 13.7. The molecule has 204 valence electrons. The van der Waals surface area contributed by atoms with E-state index in [-0.39, 0.29) is 33.7 Å². The predicted octanol–water partition coefficient (Wildman–Crippen LogP) is 4.97. The van der Waals surface area contributed by atoms with Crippen LogP contribution in [0.4, 0.5) is 14.5 Å². The molecule has 0 bridgehead atoms. The van der Waals surface area contributed by atoms with E-state index in [9.17, 15) is 13.6 Å². The van der Waals surface area contributed by atoms with Crippen LogP contribution in [0.1, 0.15) is 22.8 Å². The summed E-state index contributed by atoms with van der Waals surface area (Å²) in [5.74, 6) is 0.398. The number of ether oxygens (including phenoxy) is 2. The number of benzene rings is 2. The number of anilines is 1. The highest BCUT2D eigenvalue weighted by Gasteiger charge is 2.38. The molecule has 1 amide bonds. The van der Waals surface area contributed by atoms with Crippen LogP contribution in [0.3, 0.4) is 0 Å². The number of alkyl halides is 2. The third-order valence-electron chi connectivity index (χ3n) is 6.85. The zero-order valence-corrected chi connectivity index (χ0v) is 21.6. The number of hydrogen-bond acceptors (Lipinski definition) is 7. The maximum Gasteiger partial charge on any atom is 0.387 e. The van der Waals surface area contributed by atoms with E-state index >= 15 is 0 Å². The molecule has 1 aliphatic heterocycles. The van der Waals surface area contributed by atoms with E-state index < -0.39 is 12.5 Å². The molecular weight excluding hydrogens is 520 g/mol. The van der Waals surface area contributed by atoms with Gasteiger partial charge < -0.3 is 19.7 Å². The average molecular weight is 546 g/mol. The summed E-state index contributed by atoms with van der Waals surface area (Å²) in [6, 6.07) is 14.0. The first kappa shape index (κ1) is 25.4. The van der Waals surface area contributed by atoms with Gasteiger partial charge >= 0.3 is 6.61 Å². The second kappa shape index (κ2) is 10.0. The lowest BCUT2D eigenvalue weighted by atomic mass is 9.76. The lowest BCUT2D eigenvalue weighted by molar-refractivity contribution is -0.0494. The molecule has 12 heteroatoms. The Morgan fingerprint density at radius 1 is 1.12 bits per heavy atom. The van der Waals surface area contributed by atoms with Gasteiger partial charge in [0.05, 0.1) is 23.8 Å². The minimum atomic E-state index is -3.06. The van der Waals surface area contributed by atoms with Crippen molar-refractivity contribution in [3.63, 3.8) is 0 Å². The summed E-state index contributed by atoms with van der Waals surface area (Å²) in [6.07, 6.45) is 6.00. The zero-order chi connectivity index (χ0) is 27.9. The van der Waals surface area contributed by atoms with Gasteiger partial charge in [-0.2, -0.15) is 19.0 Å². The summed E-state index contributed by atoms with van der Waals surface area (Å²) in [5.41, 5.74) is 2.53. The van der Waals surface area contributed by atoms with Crippen molar-refractivity contribution in [3.8, 4) is 28.5 Å². The fourth-order valence-electron chi connectivity index (χ4n) is 5.13. The summed E-state index contributed by atoms with van der Waals surface area (Å²) in [4.78, 5) is 19.5. The van der Waals surface area contributed by atoms with Crippen molar-refractivity contribution in [2.75, 3.05) is 25.5 Å². The van der Waals surface area contributed by atoms with E-state index in [4.69, 9.17) is 9.47 Å². The fraction of sp³-hybridized carbons (Fsp3) is 0.214. The first-order chi connectivity index (χ1) is 19.3. The molecule has 1 aliphatic rings. The Labute approximate surface area is 227 Å². The predicted molar refractivity (Wildman–Crippen MR) is 143 cm³/mol. The number of halogens is 2. The fourth-order valence-corrected chi connectivity index (χ4v) is 5.13. The van der Waals surface area contributed by atoms with Crippen LogP contribution in [-0.2, 0) is 5.41 Å². The Morgan fingerprint density at radius 3 is 2.75 bits per heavy atom. The molecule has 0 atom stereocenters. The first-order valence-corrected chi connectivity index (χ1v) is 12.5. The van der Waals surface area contributed by atoms with Crippen LogP contribution >= 0.6 is 0 Å². The van der Waals surface area contributed by atoms with Crippen molar-refractivity contribution in [1.82, 2.24) is 29.7 Å². The molecule has 2 N–H and O–H groups in total. The normalized spacial score (nSPS) is 14.7. The standard InChI is InChI=1S/C28H25F2N7O3/c1-28(15-36(2)16-28)17-5-3-6-18(11-17)39-19-7-8-23(40-27(29)30)20(12-19)24-22(14-32-35-24)34-26(38)21-13-33-37-10-4-9-31-25(21)37/h3-14,27H,15-16H2,1-2H3,(H,32,35)(H,34,38). The number of likely N-dealkylation sites (tertiary alicyclic amines) is 1. The van der Waals surface area contributed by atoms with Crippen LogP contribution in [0.15, 0.2) is 73.3 Å². The molecule has 1 fully saturated rings. The Bertz CT molecular complexity index is 1690. The lowest BCUT2D eigenvalue weighted by Gasteiger charge is -2.46. The van der Waals surface area contributed by atoms with Gasteiger partial charge in [0, 0.05) is 36.5 Å². The van der Waals surface area contributed by atoms with Crippen LogP contribution in [0.25, 0.3) is 16.9 Å². The van der Waals surface area contributed by atoms with Crippen molar-refractivity contribution in [3.05, 3.63) is 84.4 Å².